The number of carbonyl (C=O) groups is 1. The molecule has 1 amide bonds. The summed E-state index contributed by atoms with van der Waals surface area (Å²) in [6.07, 6.45) is 3.87. The number of hydrogen-bond donors (Lipinski definition) is 2. The molecule has 4 nitrogen and oxygen atoms in total. The summed E-state index contributed by atoms with van der Waals surface area (Å²) in [6, 6.07) is 16.2. The molecule has 0 spiro atoms. The number of hydrogen-bond acceptors (Lipinski definition) is 2. The van der Waals surface area contributed by atoms with Crippen LogP contribution in [0.25, 0.3) is 0 Å². The van der Waals surface area contributed by atoms with E-state index >= 15 is 0 Å². The lowest BCUT2D eigenvalue weighted by molar-refractivity contribution is -0.935. The summed E-state index contributed by atoms with van der Waals surface area (Å²) in [6.45, 7) is 6.18. The molecular formula is C22H28ClN3O. The zero-order chi connectivity index (χ0) is 18.0. The molecule has 0 aromatic heterocycles. The van der Waals surface area contributed by atoms with Crippen molar-refractivity contribution in [3.05, 3.63) is 54.1 Å². The number of piperidine rings is 3. The van der Waals surface area contributed by atoms with E-state index < -0.39 is 0 Å². The molecule has 3 aliphatic rings. The number of halogens is 1. The Morgan fingerprint density at radius 1 is 0.963 bits per heavy atom. The first-order chi connectivity index (χ1) is 12.6. The van der Waals surface area contributed by atoms with Crippen molar-refractivity contribution >= 4 is 23.0 Å². The molecule has 3 fully saturated rings. The molecule has 0 radical (unpaired) electrons. The van der Waals surface area contributed by atoms with Crippen LogP contribution >= 0.6 is 0 Å². The van der Waals surface area contributed by atoms with Gasteiger partial charge in [0.2, 0.25) is 0 Å². The van der Waals surface area contributed by atoms with E-state index in [4.69, 9.17) is 0 Å². The van der Waals surface area contributed by atoms with E-state index in [1.807, 2.05) is 24.3 Å². The minimum absolute atomic E-state index is 0. The van der Waals surface area contributed by atoms with E-state index in [0.29, 0.717) is 6.54 Å². The van der Waals surface area contributed by atoms with Crippen molar-refractivity contribution < 1.29 is 21.7 Å². The maximum atomic E-state index is 12.8. The second kappa shape index (κ2) is 8.32. The molecule has 27 heavy (non-hydrogen) atoms. The number of amides is 1. The SMILES string of the molecule is Cc1ccc(Nc2ccccc2NC(=O)C[N+]23CCC(CC2)CC3)cc1.[Cl-]. The van der Waals surface area contributed by atoms with Gasteiger partial charge >= 0.3 is 0 Å². The minimum atomic E-state index is 0. The van der Waals surface area contributed by atoms with Gasteiger partial charge in [-0.1, -0.05) is 29.8 Å². The number of carbonyl (C=O) groups excluding carboxylic acids is 1. The molecule has 3 heterocycles. The quantitative estimate of drug-likeness (QED) is 0.762. The van der Waals surface area contributed by atoms with Crippen molar-refractivity contribution in [1.29, 1.82) is 0 Å². The third-order valence-corrected chi connectivity index (χ3v) is 6.05. The van der Waals surface area contributed by atoms with Crippen LogP contribution in [0, 0.1) is 12.8 Å². The third-order valence-electron chi connectivity index (χ3n) is 6.05. The zero-order valence-corrected chi connectivity index (χ0v) is 16.6. The van der Waals surface area contributed by atoms with E-state index in [1.54, 1.807) is 0 Å². The maximum absolute atomic E-state index is 12.8. The summed E-state index contributed by atoms with van der Waals surface area (Å²) in [5, 5.41) is 6.57. The summed E-state index contributed by atoms with van der Waals surface area (Å²) < 4.78 is 0.982. The summed E-state index contributed by atoms with van der Waals surface area (Å²) in [5.41, 5.74) is 4.04. The number of benzene rings is 2. The number of para-hydroxylation sites is 2. The van der Waals surface area contributed by atoms with Gasteiger partial charge in [0, 0.05) is 5.69 Å². The molecule has 0 atom stereocenters. The number of rotatable bonds is 5. The van der Waals surface area contributed by atoms with Crippen molar-refractivity contribution in [2.24, 2.45) is 5.92 Å². The highest BCUT2D eigenvalue weighted by atomic mass is 35.5. The van der Waals surface area contributed by atoms with Crippen LogP contribution in [-0.2, 0) is 4.79 Å². The first-order valence-electron chi connectivity index (χ1n) is 9.70. The standard InChI is InChI=1S/C22H27N3O.ClH/c1-17-6-8-19(9-7-17)23-20-4-2-3-5-21(20)24-22(26)16-25-13-10-18(11-14-25)12-15-25;/h2-9,18,23H,10-16H2,1H3;1H. The fourth-order valence-electron chi connectivity index (χ4n) is 4.36. The summed E-state index contributed by atoms with van der Waals surface area (Å²) in [5.74, 6) is 1.04. The molecule has 2 N–H and O–H groups in total. The van der Waals surface area contributed by atoms with Gasteiger partial charge < -0.3 is 27.5 Å². The zero-order valence-electron chi connectivity index (χ0n) is 15.9. The number of fused-ring (bicyclic) bond motifs is 3. The summed E-state index contributed by atoms with van der Waals surface area (Å²) in [4.78, 5) is 12.8. The molecule has 3 saturated heterocycles. The molecule has 2 aromatic carbocycles. The predicted octanol–water partition coefficient (Wildman–Crippen LogP) is 1.31. The van der Waals surface area contributed by atoms with Crippen LogP contribution < -0.4 is 23.0 Å². The fourth-order valence-corrected chi connectivity index (χ4v) is 4.36. The highest BCUT2D eigenvalue weighted by Crippen LogP contribution is 2.33. The molecule has 0 aliphatic carbocycles. The van der Waals surface area contributed by atoms with E-state index in [2.05, 4.69) is 41.8 Å². The third kappa shape index (κ3) is 4.63. The fraction of sp³-hybridized carbons (Fsp3) is 0.409. The van der Waals surface area contributed by atoms with Gasteiger partial charge in [-0.25, -0.2) is 0 Å². The van der Waals surface area contributed by atoms with Crippen LogP contribution in [0.4, 0.5) is 17.1 Å². The van der Waals surface area contributed by atoms with Crippen molar-refractivity contribution in [2.45, 2.75) is 26.2 Å². The highest BCUT2D eigenvalue weighted by Gasteiger charge is 2.40. The molecule has 2 bridgehead atoms. The predicted molar refractivity (Wildman–Crippen MR) is 107 cm³/mol. The molecule has 3 aliphatic heterocycles. The van der Waals surface area contributed by atoms with Crippen LogP contribution in [0.1, 0.15) is 24.8 Å². The van der Waals surface area contributed by atoms with Crippen LogP contribution in [-0.4, -0.2) is 36.6 Å². The lowest BCUT2D eigenvalue weighted by Crippen LogP contribution is -3.00. The van der Waals surface area contributed by atoms with Crippen LogP contribution in [0.2, 0.25) is 0 Å². The topological polar surface area (TPSA) is 41.1 Å². The van der Waals surface area contributed by atoms with E-state index in [1.165, 1.54) is 44.5 Å². The van der Waals surface area contributed by atoms with Crippen LogP contribution in [0.15, 0.2) is 48.5 Å². The second-order valence-electron chi connectivity index (χ2n) is 7.99. The smallest absolute Gasteiger partial charge is 0.279 e. The summed E-state index contributed by atoms with van der Waals surface area (Å²) >= 11 is 0. The molecule has 2 aromatic rings. The number of aryl methyl sites for hydroxylation is 1. The molecule has 5 heteroatoms. The van der Waals surface area contributed by atoms with E-state index in [0.717, 1.165) is 27.5 Å². The Bertz CT molecular complexity index is 769. The Morgan fingerprint density at radius 2 is 1.56 bits per heavy atom. The Labute approximate surface area is 168 Å². The van der Waals surface area contributed by atoms with Crippen LogP contribution in [0.5, 0.6) is 0 Å². The van der Waals surface area contributed by atoms with Gasteiger partial charge in [0.1, 0.15) is 0 Å². The molecule has 5 rings (SSSR count). The minimum Gasteiger partial charge on any atom is -1.00 e. The Hall–Kier alpha value is -2.04. The van der Waals surface area contributed by atoms with Gasteiger partial charge in [-0.2, -0.15) is 0 Å². The Morgan fingerprint density at radius 3 is 2.19 bits per heavy atom. The van der Waals surface area contributed by atoms with Gasteiger partial charge in [0.25, 0.3) is 5.91 Å². The van der Waals surface area contributed by atoms with E-state index in [9.17, 15) is 4.79 Å². The molecule has 0 unspecified atom stereocenters. The lowest BCUT2D eigenvalue weighted by Gasteiger charge is -2.48. The lowest BCUT2D eigenvalue weighted by atomic mass is 9.86. The van der Waals surface area contributed by atoms with E-state index in [-0.39, 0.29) is 18.3 Å². The molecular weight excluding hydrogens is 358 g/mol. The van der Waals surface area contributed by atoms with Crippen molar-refractivity contribution in [2.75, 3.05) is 36.8 Å². The van der Waals surface area contributed by atoms with Gasteiger partial charge in [-0.15, -0.1) is 0 Å². The Balaban J connectivity index is 0.00000210. The average molecular weight is 386 g/mol. The first-order valence-corrected chi connectivity index (χ1v) is 9.70. The maximum Gasteiger partial charge on any atom is 0.279 e. The largest absolute Gasteiger partial charge is 1.00 e. The van der Waals surface area contributed by atoms with Crippen molar-refractivity contribution in [1.82, 2.24) is 0 Å². The number of anilines is 3. The second-order valence-corrected chi connectivity index (χ2v) is 7.99. The number of nitrogens with one attached hydrogen (secondary N) is 2. The summed E-state index contributed by atoms with van der Waals surface area (Å²) in [7, 11) is 0. The van der Waals surface area contributed by atoms with Gasteiger partial charge in [0.15, 0.2) is 6.54 Å². The van der Waals surface area contributed by atoms with Gasteiger partial charge in [-0.05, 0) is 56.4 Å². The highest BCUT2D eigenvalue weighted by molar-refractivity contribution is 5.95. The van der Waals surface area contributed by atoms with Crippen LogP contribution in [0.3, 0.4) is 0 Å². The molecule has 144 valence electrons. The average Bonchev–Trinajstić information content (AvgIpc) is 2.66. The van der Waals surface area contributed by atoms with Gasteiger partial charge in [-0.3, -0.25) is 4.79 Å². The first kappa shape index (κ1) is 19.7. The normalized spacial score (nSPS) is 23.4. The molecule has 0 saturated carbocycles. The van der Waals surface area contributed by atoms with Crippen molar-refractivity contribution in [3.63, 3.8) is 0 Å². The Kier molecular flexibility index (Phi) is 6.08. The number of quaternary nitrogens is 1. The van der Waals surface area contributed by atoms with Gasteiger partial charge in [0.05, 0.1) is 31.0 Å². The number of nitrogens with zero attached hydrogens (tertiary/aromatic N) is 1. The van der Waals surface area contributed by atoms with Crippen molar-refractivity contribution in [3.8, 4) is 0 Å². The monoisotopic (exact) mass is 385 g/mol.